The van der Waals surface area contributed by atoms with Crippen LogP contribution >= 0.6 is 0 Å². The maximum Gasteiger partial charge on any atom is 2.00 e. The van der Waals surface area contributed by atoms with Gasteiger partial charge in [0, 0.05) is 52.9 Å². The largest absolute Gasteiger partial charge is 2.00 e. The second-order valence-corrected chi connectivity index (χ2v) is 7.90. The van der Waals surface area contributed by atoms with Crippen molar-refractivity contribution in [3.63, 3.8) is 0 Å². The predicted molar refractivity (Wildman–Crippen MR) is 143 cm³/mol. The van der Waals surface area contributed by atoms with E-state index in [0.717, 1.165) is 52.9 Å². The van der Waals surface area contributed by atoms with Gasteiger partial charge in [0.25, 0.3) is 0 Å². The molecule has 10 heteroatoms. The molecule has 38 heavy (non-hydrogen) atoms. The van der Waals surface area contributed by atoms with Crippen LogP contribution in [0.3, 0.4) is 0 Å². The molecule has 4 aliphatic heterocycles. The Balaban J connectivity index is -0.000000180. The number of hydrogen-bond donors (Lipinski definition) is 0. The second kappa shape index (κ2) is 37.0. The average Bonchev–Trinajstić information content (AvgIpc) is 3.73. The Morgan fingerprint density at radius 3 is 0.632 bits per heavy atom. The maximum absolute atomic E-state index is 10.3. The monoisotopic (exact) mass is 592 g/mol. The summed E-state index contributed by atoms with van der Waals surface area (Å²) in [5.74, 6) is 0.144. The fourth-order valence-electron chi connectivity index (χ4n) is 2.88. The minimum atomic E-state index is 0. The van der Waals surface area contributed by atoms with E-state index in [9.17, 15) is 10.2 Å². The van der Waals surface area contributed by atoms with E-state index in [2.05, 4.69) is 0 Å². The molecule has 0 N–H and O–H groups in total. The molecular weight excluding hydrogens is 552 g/mol. The summed E-state index contributed by atoms with van der Waals surface area (Å²) in [5, 5.41) is 20.5. The van der Waals surface area contributed by atoms with Crippen molar-refractivity contribution in [1.29, 1.82) is 0 Å². The van der Waals surface area contributed by atoms with Crippen LogP contribution in [0.15, 0.2) is 60.7 Å². The molecule has 6 nitrogen and oxygen atoms in total. The molecule has 0 aromatic heterocycles. The first-order chi connectivity index (χ1) is 16.8. The molecule has 0 amide bonds. The van der Waals surface area contributed by atoms with Gasteiger partial charge < -0.3 is 54.0 Å². The summed E-state index contributed by atoms with van der Waals surface area (Å²) in [7, 11) is 0. The summed E-state index contributed by atoms with van der Waals surface area (Å²) in [4.78, 5) is 0. The summed E-state index contributed by atoms with van der Waals surface area (Å²) >= 11 is 0. The Bertz CT molecular complexity index is 536. The fourth-order valence-corrected chi connectivity index (χ4v) is 2.88. The molecule has 6 rings (SSSR count). The fraction of sp³-hybridized carbons (Fsp3) is 0.571. The van der Waals surface area contributed by atoms with E-state index >= 15 is 0 Å². The average molecular weight is 594 g/mol. The summed E-state index contributed by atoms with van der Waals surface area (Å²) in [5.41, 5.74) is 0. The van der Waals surface area contributed by atoms with E-state index < -0.39 is 0 Å². The summed E-state index contributed by atoms with van der Waals surface area (Å²) in [6.45, 7) is 8.00. The maximum atomic E-state index is 10.3. The number of ether oxygens (including phenoxy) is 4. The number of halogens is 2. The van der Waals surface area contributed by atoms with Gasteiger partial charge in [0.05, 0.1) is 0 Å². The van der Waals surface area contributed by atoms with Gasteiger partial charge >= 0.3 is 46.1 Å². The second-order valence-electron chi connectivity index (χ2n) is 7.90. The summed E-state index contributed by atoms with van der Waals surface area (Å²) in [6, 6.07) is 16.7. The van der Waals surface area contributed by atoms with Crippen LogP contribution < -0.4 is 35.0 Å². The number of benzene rings is 2. The van der Waals surface area contributed by atoms with Gasteiger partial charge in [-0.25, -0.2) is 0 Å². The van der Waals surface area contributed by atoms with E-state index in [1.807, 2.05) is 12.1 Å². The van der Waals surface area contributed by atoms with Crippen molar-refractivity contribution in [2.24, 2.45) is 0 Å². The first-order valence-electron chi connectivity index (χ1n) is 12.5. The standard InChI is InChI=1S/2C6H6O.4C4H8O.2ClH.2Mg/c2*7-6-4-2-1-3-5-6;4*1-2-4-5-3-1;;;;/h2*1-5,7H;4*1-4H2;2*1H;;/q;;;;;;;;2*+2/p-4. The van der Waals surface area contributed by atoms with Crippen LogP contribution in [-0.2, 0) is 18.9 Å². The van der Waals surface area contributed by atoms with Crippen LogP contribution in [0.25, 0.3) is 0 Å². The van der Waals surface area contributed by atoms with Crippen molar-refractivity contribution in [2.75, 3.05) is 52.9 Å². The molecule has 2 aromatic carbocycles. The van der Waals surface area contributed by atoms with Crippen LogP contribution in [0, 0.1) is 0 Å². The van der Waals surface area contributed by atoms with Gasteiger partial charge in [0.15, 0.2) is 0 Å². The van der Waals surface area contributed by atoms with Gasteiger partial charge in [-0.1, -0.05) is 60.7 Å². The van der Waals surface area contributed by atoms with Crippen LogP contribution in [0.4, 0.5) is 0 Å². The zero-order chi connectivity index (χ0) is 24.4. The Hall–Kier alpha value is -0.00753. The normalized spacial score (nSPS) is 15.8. The van der Waals surface area contributed by atoms with Crippen LogP contribution in [-0.4, -0.2) is 99.0 Å². The quantitative estimate of drug-likeness (QED) is 0.327. The molecule has 4 aliphatic rings. The minimum absolute atomic E-state index is 0. The van der Waals surface area contributed by atoms with E-state index in [4.69, 9.17) is 18.9 Å². The number of hydrogen-bond acceptors (Lipinski definition) is 6. The molecule has 0 spiro atoms. The first-order valence-corrected chi connectivity index (χ1v) is 12.5. The molecule has 4 fully saturated rings. The number of rotatable bonds is 0. The smallest absolute Gasteiger partial charge is 1.00 e. The molecule has 0 atom stereocenters. The summed E-state index contributed by atoms with van der Waals surface area (Å²) in [6.07, 6.45) is 10.2. The number of para-hydroxylation sites is 2. The third-order valence-electron chi connectivity index (χ3n) is 4.80. The zero-order valence-corrected chi connectivity index (χ0v) is 27.0. The van der Waals surface area contributed by atoms with Gasteiger partial charge in [-0.15, -0.1) is 11.5 Å². The molecule has 0 unspecified atom stereocenters. The van der Waals surface area contributed by atoms with Gasteiger partial charge in [-0.05, 0) is 51.4 Å². The zero-order valence-electron chi connectivity index (χ0n) is 22.7. The molecule has 0 radical (unpaired) electrons. The molecule has 0 saturated carbocycles. The Morgan fingerprint density at radius 2 is 0.553 bits per heavy atom. The SMILES string of the molecule is C1CCOC1.C1CCOC1.C1CCOC1.C1CCOC1.[Cl-].[Cl-].[Mg+2].[Mg+2].[O-]c1ccccc1.[O-]c1ccccc1. The predicted octanol–water partition coefficient (Wildman–Crippen LogP) is -2.05. The van der Waals surface area contributed by atoms with Gasteiger partial charge in [0.2, 0.25) is 0 Å². The molecule has 2 aromatic rings. The molecule has 4 heterocycles. The van der Waals surface area contributed by atoms with Crippen molar-refractivity contribution in [3.05, 3.63) is 60.7 Å². The van der Waals surface area contributed by atoms with Crippen LogP contribution in [0.5, 0.6) is 11.5 Å². The van der Waals surface area contributed by atoms with Crippen LogP contribution in [0.1, 0.15) is 51.4 Å². The van der Waals surface area contributed by atoms with Gasteiger partial charge in [-0.2, -0.15) is 0 Å². The molecule has 0 aliphatic carbocycles. The van der Waals surface area contributed by atoms with E-state index in [1.165, 1.54) is 75.6 Å². The Morgan fingerprint density at radius 1 is 0.368 bits per heavy atom. The van der Waals surface area contributed by atoms with Gasteiger partial charge in [0.1, 0.15) is 0 Å². The van der Waals surface area contributed by atoms with Crippen LogP contribution in [0.2, 0.25) is 0 Å². The van der Waals surface area contributed by atoms with Gasteiger partial charge in [-0.3, -0.25) is 0 Å². The third-order valence-corrected chi connectivity index (χ3v) is 4.80. The molecule has 4 saturated heterocycles. The minimum Gasteiger partial charge on any atom is -1.00 e. The molecular formula is C28H42Cl2Mg2O6. The first kappa shape index (κ1) is 45.0. The third kappa shape index (κ3) is 34.0. The van der Waals surface area contributed by atoms with E-state index in [1.54, 1.807) is 24.3 Å². The van der Waals surface area contributed by atoms with Crippen molar-refractivity contribution < 1.29 is 54.0 Å². The molecule has 208 valence electrons. The van der Waals surface area contributed by atoms with Crippen molar-refractivity contribution in [2.45, 2.75) is 51.4 Å². The Labute approximate surface area is 274 Å². The van der Waals surface area contributed by atoms with E-state index in [-0.39, 0.29) is 82.4 Å². The van der Waals surface area contributed by atoms with Crippen molar-refractivity contribution in [1.82, 2.24) is 0 Å². The topological polar surface area (TPSA) is 83.0 Å². The molecule has 0 bridgehead atoms. The van der Waals surface area contributed by atoms with E-state index in [0.29, 0.717) is 0 Å². The summed E-state index contributed by atoms with van der Waals surface area (Å²) < 4.78 is 19.8. The van der Waals surface area contributed by atoms with Crippen molar-refractivity contribution >= 4 is 46.1 Å². The Kier molecular flexibility index (Phi) is 43.8. The van der Waals surface area contributed by atoms with Crippen molar-refractivity contribution in [3.8, 4) is 11.5 Å².